The highest BCUT2D eigenvalue weighted by molar-refractivity contribution is 7.89. The summed E-state index contributed by atoms with van der Waals surface area (Å²) in [7, 11) is -7.28. The summed E-state index contributed by atoms with van der Waals surface area (Å²) < 4.78 is 58.7. The van der Waals surface area contributed by atoms with Crippen molar-refractivity contribution in [2.75, 3.05) is 38.6 Å². The zero-order valence-electron chi connectivity index (χ0n) is 17.2. The Hall–Kier alpha value is -1.53. The zero-order chi connectivity index (χ0) is 21.9. The first-order valence-corrected chi connectivity index (χ1v) is 12.4. The van der Waals surface area contributed by atoms with E-state index in [-0.39, 0.29) is 22.8 Å². The molecule has 0 aromatic heterocycles. The lowest BCUT2D eigenvalue weighted by atomic mass is 10.1. The predicted octanol–water partition coefficient (Wildman–Crippen LogP) is 0.464. The molecule has 0 radical (unpaired) electrons. The summed E-state index contributed by atoms with van der Waals surface area (Å²) >= 11 is 0. The van der Waals surface area contributed by atoms with Crippen LogP contribution in [0.25, 0.3) is 0 Å². The first-order chi connectivity index (χ1) is 13.3. The van der Waals surface area contributed by atoms with E-state index in [1.807, 2.05) is 0 Å². The van der Waals surface area contributed by atoms with Crippen molar-refractivity contribution in [2.24, 2.45) is 0 Å². The molecule has 1 amide bonds. The van der Waals surface area contributed by atoms with E-state index in [1.165, 1.54) is 16.4 Å². The van der Waals surface area contributed by atoms with Gasteiger partial charge in [0.05, 0.1) is 23.9 Å². The summed E-state index contributed by atoms with van der Waals surface area (Å²) in [4.78, 5) is 12.5. The molecule has 29 heavy (non-hydrogen) atoms. The lowest BCUT2D eigenvalue weighted by Gasteiger charge is -2.26. The summed E-state index contributed by atoms with van der Waals surface area (Å²) in [5.74, 6) is -0.756. The standard InChI is InChI=1S/C18H29N3O6S2/c1-14-5-6-15(29(25,26)20-18(2,3)4)13-16(14)17(22)19-7-12-28(23,24)21-8-10-27-11-9-21/h5-6,13,20H,7-12H2,1-4H3,(H,19,22). The summed E-state index contributed by atoms with van der Waals surface area (Å²) in [6.45, 7) is 8.10. The number of ether oxygens (including phenoxy) is 1. The maximum atomic E-state index is 12.5. The minimum Gasteiger partial charge on any atom is -0.379 e. The van der Waals surface area contributed by atoms with E-state index in [4.69, 9.17) is 4.74 Å². The Balaban J connectivity index is 2.07. The van der Waals surface area contributed by atoms with Crippen molar-refractivity contribution in [2.45, 2.75) is 38.1 Å². The van der Waals surface area contributed by atoms with Crippen molar-refractivity contribution in [1.82, 2.24) is 14.3 Å². The van der Waals surface area contributed by atoms with Gasteiger partial charge in [0.25, 0.3) is 5.91 Å². The maximum absolute atomic E-state index is 12.5. The van der Waals surface area contributed by atoms with Gasteiger partial charge in [-0.25, -0.2) is 21.6 Å². The van der Waals surface area contributed by atoms with Gasteiger partial charge in [-0.1, -0.05) is 6.07 Å². The highest BCUT2D eigenvalue weighted by Crippen LogP contribution is 2.18. The van der Waals surface area contributed by atoms with Crippen molar-refractivity contribution < 1.29 is 26.4 Å². The molecule has 1 aliphatic heterocycles. The lowest BCUT2D eigenvalue weighted by Crippen LogP contribution is -2.43. The van der Waals surface area contributed by atoms with Crippen molar-refractivity contribution in [3.8, 4) is 0 Å². The summed E-state index contributed by atoms with van der Waals surface area (Å²) in [6.07, 6.45) is 0. The van der Waals surface area contributed by atoms with Crippen LogP contribution >= 0.6 is 0 Å². The predicted molar refractivity (Wildman–Crippen MR) is 110 cm³/mol. The fourth-order valence-electron chi connectivity index (χ4n) is 2.82. The van der Waals surface area contributed by atoms with Crippen LogP contribution in [0.2, 0.25) is 0 Å². The fraction of sp³-hybridized carbons (Fsp3) is 0.611. The van der Waals surface area contributed by atoms with Gasteiger partial charge in [0.2, 0.25) is 20.0 Å². The number of nitrogens with zero attached hydrogens (tertiary/aromatic N) is 1. The van der Waals surface area contributed by atoms with Crippen LogP contribution in [0.3, 0.4) is 0 Å². The quantitative estimate of drug-likeness (QED) is 0.626. The van der Waals surface area contributed by atoms with E-state index in [0.29, 0.717) is 31.9 Å². The Morgan fingerprint density at radius 3 is 2.34 bits per heavy atom. The molecule has 0 aliphatic carbocycles. The second-order valence-corrected chi connectivity index (χ2v) is 11.7. The Kier molecular flexibility index (Phi) is 7.44. The molecule has 1 fully saturated rings. The van der Waals surface area contributed by atoms with Crippen molar-refractivity contribution in [3.63, 3.8) is 0 Å². The van der Waals surface area contributed by atoms with Crippen LogP contribution in [0.1, 0.15) is 36.7 Å². The number of hydrogen-bond acceptors (Lipinski definition) is 6. The molecule has 164 valence electrons. The Morgan fingerprint density at radius 1 is 1.14 bits per heavy atom. The molecule has 1 aliphatic rings. The van der Waals surface area contributed by atoms with E-state index in [9.17, 15) is 21.6 Å². The number of nitrogens with one attached hydrogen (secondary N) is 2. The minimum absolute atomic E-state index is 0.0240. The van der Waals surface area contributed by atoms with Gasteiger partial charge in [0.1, 0.15) is 0 Å². The molecule has 0 atom stereocenters. The molecule has 0 unspecified atom stereocenters. The average Bonchev–Trinajstić information content (AvgIpc) is 2.60. The molecule has 1 heterocycles. The molecule has 2 N–H and O–H groups in total. The second kappa shape index (κ2) is 9.09. The molecule has 2 rings (SSSR count). The Morgan fingerprint density at radius 2 is 1.76 bits per heavy atom. The number of aryl methyl sites for hydroxylation is 1. The van der Waals surface area contributed by atoms with Crippen LogP contribution in [-0.2, 0) is 24.8 Å². The van der Waals surface area contributed by atoms with Gasteiger partial charge < -0.3 is 10.1 Å². The topological polar surface area (TPSA) is 122 Å². The fourth-order valence-corrected chi connectivity index (χ4v) is 5.59. The largest absolute Gasteiger partial charge is 0.379 e. The van der Waals surface area contributed by atoms with E-state index < -0.39 is 31.5 Å². The Bertz CT molecular complexity index is 946. The molecule has 0 bridgehead atoms. The number of benzene rings is 1. The molecule has 1 aromatic carbocycles. The van der Waals surface area contributed by atoms with Crippen LogP contribution in [0.4, 0.5) is 0 Å². The molecule has 1 saturated heterocycles. The third-order valence-corrected chi connectivity index (χ3v) is 7.84. The number of amides is 1. The van der Waals surface area contributed by atoms with Gasteiger partial charge in [0, 0.05) is 30.7 Å². The van der Waals surface area contributed by atoms with Gasteiger partial charge in [-0.3, -0.25) is 4.79 Å². The molecular weight excluding hydrogens is 418 g/mol. The lowest BCUT2D eigenvalue weighted by molar-refractivity contribution is 0.0730. The monoisotopic (exact) mass is 447 g/mol. The third kappa shape index (κ3) is 6.75. The van der Waals surface area contributed by atoms with E-state index in [0.717, 1.165) is 0 Å². The van der Waals surface area contributed by atoms with Crippen LogP contribution in [0, 0.1) is 6.92 Å². The van der Waals surface area contributed by atoms with E-state index in [1.54, 1.807) is 33.8 Å². The van der Waals surface area contributed by atoms with Crippen LogP contribution in [0.15, 0.2) is 23.1 Å². The average molecular weight is 448 g/mol. The number of morpholine rings is 1. The number of hydrogen-bond donors (Lipinski definition) is 2. The van der Waals surface area contributed by atoms with Crippen LogP contribution in [0.5, 0.6) is 0 Å². The molecular formula is C18H29N3O6S2. The first-order valence-electron chi connectivity index (χ1n) is 9.30. The highest BCUT2D eigenvalue weighted by atomic mass is 32.2. The molecule has 0 saturated carbocycles. The molecule has 9 nitrogen and oxygen atoms in total. The maximum Gasteiger partial charge on any atom is 0.251 e. The first kappa shape index (κ1) is 23.7. The van der Waals surface area contributed by atoms with E-state index >= 15 is 0 Å². The number of carbonyl (C=O) groups is 1. The molecule has 11 heteroatoms. The van der Waals surface area contributed by atoms with Gasteiger partial charge in [0.15, 0.2) is 0 Å². The number of carbonyl (C=O) groups excluding carboxylic acids is 1. The normalized spacial score (nSPS) is 16.6. The highest BCUT2D eigenvalue weighted by Gasteiger charge is 2.25. The zero-order valence-corrected chi connectivity index (χ0v) is 18.8. The summed E-state index contributed by atoms with van der Waals surface area (Å²) in [5.41, 5.74) is 0.110. The third-order valence-electron chi connectivity index (χ3n) is 4.21. The summed E-state index contributed by atoms with van der Waals surface area (Å²) in [6, 6.07) is 4.29. The van der Waals surface area contributed by atoms with Crippen molar-refractivity contribution in [3.05, 3.63) is 29.3 Å². The van der Waals surface area contributed by atoms with Crippen molar-refractivity contribution in [1.29, 1.82) is 0 Å². The number of rotatable bonds is 7. The molecule has 1 aromatic rings. The van der Waals surface area contributed by atoms with Crippen LogP contribution in [-0.4, -0.2) is 71.2 Å². The second-order valence-electron chi connectivity index (χ2n) is 7.92. The van der Waals surface area contributed by atoms with Crippen molar-refractivity contribution >= 4 is 26.0 Å². The summed E-state index contributed by atoms with van der Waals surface area (Å²) in [5, 5.41) is 2.57. The minimum atomic E-state index is -3.79. The molecule has 0 spiro atoms. The van der Waals surface area contributed by atoms with Gasteiger partial charge >= 0.3 is 0 Å². The van der Waals surface area contributed by atoms with E-state index in [2.05, 4.69) is 10.0 Å². The van der Waals surface area contributed by atoms with Gasteiger partial charge in [-0.05, 0) is 45.4 Å². The van der Waals surface area contributed by atoms with Gasteiger partial charge in [-0.2, -0.15) is 4.31 Å². The smallest absolute Gasteiger partial charge is 0.251 e. The van der Waals surface area contributed by atoms with Gasteiger partial charge in [-0.15, -0.1) is 0 Å². The number of sulfonamides is 2. The SMILES string of the molecule is Cc1ccc(S(=O)(=O)NC(C)(C)C)cc1C(=O)NCCS(=O)(=O)N1CCOCC1. The van der Waals surface area contributed by atoms with Crippen LogP contribution < -0.4 is 10.0 Å². The Labute approximate surface area is 172 Å².